The average Bonchev–Trinajstić information content (AvgIpc) is 2.80. The molecule has 0 spiro atoms. The molecule has 6 rings (SSSR count). The van der Waals surface area contributed by atoms with Crippen molar-refractivity contribution < 1.29 is 4.79 Å². The number of hydrogen-bond acceptors (Lipinski definition) is 5. The van der Waals surface area contributed by atoms with E-state index in [-0.39, 0.29) is 0 Å². The molecule has 0 aliphatic carbocycles. The summed E-state index contributed by atoms with van der Waals surface area (Å²) in [6.07, 6.45) is 7.29. The van der Waals surface area contributed by atoms with Crippen LogP contribution in [0, 0.1) is 5.92 Å². The first-order valence-corrected chi connectivity index (χ1v) is 11.7. The highest BCUT2D eigenvalue weighted by atomic mass is 16.2. The third-order valence-electron chi connectivity index (χ3n) is 7.36. The first-order chi connectivity index (χ1) is 15.1. The van der Waals surface area contributed by atoms with Crippen molar-refractivity contribution in [3.8, 4) is 0 Å². The van der Waals surface area contributed by atoms with Gasteiger partial charge in [-0.2, -0.15) is 0 Å². The second kappa shape index (κ2) is 8.67. The van der Waals surface area contributed by atoms with Crippen LogP contribution >= 0.6 is 0 Å². The molecule has 0 radical (unpaired) electrons. The summed E-state index contributed by atoms with van der Waals surface area (Å²) in [6, 6.07) is 9.60. The third kappa shape index (κ3) is 4.11. The van der Waals surface area contributed by atoms with Crippen molar-refractivity contribution in [2.75, 3.05) is 39.8 Å². The van der Waals surface area contributed by atoms with Gasteiger partial charge in [-0.15, -0.1) is 0 Å². The van der Waals surface area contributed by atoms with Crippen LogP contribution in [0.1, 0.15) is 43.2 Å². The highest BCUT2D eigenvalue weighted by Gasteiger charge is 2.36. The van der Waals surface area contributed by atoms with Crippen molar-refractivity contribution >= 4 is 23.0 Å². The van der Waals surface area contributed by atoms with Crippen LogP contribution in [0.15, 0.2) is 35.5 Å². The number of carbonyl (C=O) groups excluding carboxylic acids is 1. The highest BCUT2D eigenvalue weighted by molar-refractivity contribution is 5.99. The number of piperazine rings is 1. The lowest BCUT2D eigenvalue weighted by Gasteiger charge is -2.46. The number of aromatic nitrogens is 1. The molecule has 31 heavy (non-hydrogen) atoms. The molecule has 4 fully saturated rings. The van der Waals surface area contributed by atoms with Crippen molar-refractivity contribution in [3.63, 3.8) is 0 Å². The van der Waals surface area contributed by atoms with Gasteiger partial charge in [-0.1, -0.05) is 25.1 Å². The molecule has 4 aliphatic heterocycles. The summed E-state index contributed by atoms with van der Waals surface area (Å²) in [7, 11) is 1.79. The summed E-state index contributed by atoms with van der Waals surface area (Å²) in [5, 5.41) is 4.77. The van der Waals surface area contributed by atoms with Gasteiger partial charge in [0.05, 0.1) is 12.1 Å². The van der Waals surface area contributed by atoms with E-state index in [1.165, 1.54) is 23.8 Å². The van der Waals surface area contributed by atoms with Crippen LogP contribution in [0.2, 0.25) is 0 Å². The van der Waals surface area contributed by atoms with Crippen LogP contribution in [-0.4, -0.2) is 78.8 Å². The van der Waals surface area contributed by atoms with E-state index in [4.69, 9.17) is 0 Å². The Labute approximate surface area is 184 Å². The van der Waals surface area contributed by atoms with E-state index >= 15 is 0 Å². The minimum atomic E-state index is 0.293. The number of likely N-dealkylation sites (tertiary alicyclic amines) is 1. The smallest absolute Gasteiger partial charge is 0.236 e. The predicted octanol–water partition coefficient (Wildman–Crippen LogP) is 2.67. The second-order valence-electron chi connectivity index (χ2n) is 9.63. The van der Waals surface area contributed by atoms with Gasteiger partial charge in [0.15, 0.2) is 0 Å². The quantitative estimate of drug-likeness (QED) is 0.774. The first-order valence-electron chi connectivity index (χ1n) is 11.7. The standard InChI is InChI=1S/C25H33N5O/c1-17-10-19(22-8-5-18(11-26-2)25-23(22)4-3-9-27-25)14-30(13-17)24(31)16-29-15-20-6-7-21(29)12-28-20/h3-5,8-9,11,17,19-21,28H,6-7,10,12-16H2,1-2H3/t17-,19+,20?,21?/m1/s1. The summed E-state index contributed by atoms with van der Waals surface area (Å²) >= 11 is 0. The van der Waals surface area contributed by atoms with Crippen molar-refractivity contribution in [1.29, 1.82) is 0 Å². The Morgan fingerprint density at radius 2 is 2.16 bits per heavy atom. The number of nitrogens with zero attached hydrogens (tertiary/aromatic N) is 4. The number of fused-ring (bicyclic) bond motifs is 4. The summed E-state index contributed by atoms with van der Waals surface area (Å²) in [4.78, 5) is 26.7. The van der Waals surface area contributed by atoms with E-state index in [2.05, 4.69) is 50.2 Å². The largest absolute Gasteiger partial charge is 0.341 e. The van der Waals surface area contributed by atoms with Gasteiger partial charge in [-0.3, -0.25) is 19.7 Å². The van der Waals surface area contributed by atoms with Crippen LogP contribution in [0.25, 0.3) is 10.9 Å². The van der Waals surface area contributed by atoms with Crippen LogP contribution in [0.4, 0.5) is 0 Å². The molecular formula is C25H33N5O. The lowest BCUT2D eigenvalue weighted by Crippen LogP contribution is -2.62. The molecule has 6 heteroatoms. The van der Waals surface area contributed by atoms with Crippen LogP contribution in [-0.2, 0) is 4.79 Å². The SMILES string of the molecule is CN=Cc1ccc([C@H]2C[C@@H](C)CN(C(=O)CN3CC4CCC3CN4)C2)c2cccnc12. The molecule has 4 aliphatic rings. The summed E-state index contributed by atoms with van der Waals surface area (Å²) in [6.45, 7) is 6.55. The normalized spacial score (nSPS) is 29.2. The molecule has 1 aromatic carbocycles. The van der Waals surface area contributed by atoms with Gasteiger partial charge in [0, 0.05) is 74.6 Å². The topological polar surface area (TPSA) is 60.8 Å². The number of nitrogens with one attached hydrogen (secondary N) is 1. The maximum atomic E-state index is 13.3. The Bertz CT molecular complexity index is 981. The van der Waals surface area contributed by atoms with Gasteiger partial charge >= 0.3 is 0 Å². The number of carbonyl (C=O) groups is 1. The Hall–Kier alpha value is -2.31. The maximum absolute atomic E-state index is 13.3. The van der Waals surface area contributed by atoms with Crippen molar-refractivity contribution in [2.24, 2.45) is 10.9 Å². The molecule has 5 heterocycles. The molecule has 2 aromatic rings. The van der Waals surface area contributed by atoms with E-state index < -0.39 is 0 Å². The number of hydrogen-bond donors (Lipinski definition) is 1. The summed E-state index contributed by atoms with van der Waals surface area (Å²) in [5.41, 5.74) is 3.35. The zero-order chi connectivity index (χ0) is 21.4. The van der Waals surface area contributed by atoms with Crippen molar-refractivity contribution in [1.82, 2.24) is 20.1 Å². The lowest BCUT2D eigenvalue weighted by atomic mass is 9.83. The number of piperidine rings is 3. The molecule has 4 saturated heterocycles. The van der Waals surface area contributed by atoms with Gasteiger partial charge in [0.1, 0.15) is 0 Å². The van der Waals surface area contributed by atoms with Crippen molar-refractivity contribution in [3.05, 3.63) is 41.6 Å². The minimum absolute atomic E-state index is 0.293. The number of aliphatic imine (C=N–C) groups is 1. The molecule has 2 unspecified atom stereocenters. The molecule has 2 bridgehead atoms. The second-order valence-corrected chi connectivity index (χ2v) is 9.63. The molecule has 4 atom stereocenters. The molecule has 1 aromatic heterocycles. The number of benzene rings is 1. The van der Waals surface area contributed by atoms with E-state index in [9.17, 15) is 4.79 Å². The van der Waals surface area contributed by atoms with Gasteiger partial charge in [-0.05, 0) is 36.8 Å². The van der Waals surface area contributed by atoms with Gasteiger partial charge in [-0.25, -0.2) is 0 Å². The van der Waals surface area contributed by atoms with Crippen LogP contribution in [0.3, 0.4) is 0 Å². The molecule has 1 N–H and O–H groups in total. The fourth-order valence-electron chi connectivity index (χ4n) is 5.86. The minimum Gasteiger partial charge on any atom is -0.341 e. The fourth-order valence-corrected chi connectivity index (χ4v) is 5.86. The van der Waals surface area contributed by atoms with E-state index in [0.717, 1.165) is 43.7 Å². The zero-order valence-corrected chi connectivity index (χ0v) is 18.6. The monoisotopic (exact) mass is 419 g/mol. The molecule has 6 nitrogen and oxygen atoms in total. The number of rotatable bonds is 4. The number of pyridine rings is 1. The Morgan fingerprint density at radius 1 is 1.26 bits per heavy atom. The Morgan fingerprint density at radius 3 is 2.90 bits per heavy atom. The summed E-state index contributed by atoms with van der Waals surface area (Å²) in [5.74, 6) is 1.12. The molecular weight excluding hydrogens is 386 g/mol. The third-order valence-corrected chi connectivity index (χ3v) is 7.36. The van der Waals surface area contributed by atoms with E-state index in [0.29, 0.717) is 36.4 Å². The molecule has 164 valence electrons. The lowest BCUT2D eigenvalue weighted by molar-refractivity contribution is -0.136. The van der Waals surface area contributed by atoms with E-state index in [1.807, 2.05) is 18.5 Å². The zero-order valence-electron chi connectivity index (χ0n) is 18.6. The van der Waals surface area contributed by atoms with Gasteiger partial charge < -0.3 is 10.2 Å². The summed E-state index contributed by atoms with van der Waals surface area (Å²) < 4.78 is 0. The fraction of sp³-hybridized carbons (Fsp3) is 0.560. The van der Waals surface area contributed by atoms with Crippen molar-refractivity contribution in [2.45, 2.75) is 44.2 Å². The number of amides is 1. The maximum Gasteiger partial charge on any atom is 0.236 e. The van der Waals surface area contributed by atoms with E-state index in [1.54, 1.807) is 7.05 Å². The Balaban J connectivity index is 1.36. The van der Waals surface area contributed by atoms with Gasteiger partial charge in [0.25, 0.3) is 0 Å². The van der Waals surface area contributed by atoms with Crippen LogP contribution < -0.4 is 5.32 Å². The molecule has 0 saturated carbocycles. The highest BCUT2D eigenvalue weighted by Crippen LogP contribution is 2.35. The first kappa shape index (κ1) is 20.6. The predicted molar refractivity (Wildman–Crippen MR) is 125 cm³/mol. The molecule has 1 amide bonds. The van der Waals surface area contributed by atoms with Gasteiger partial charge in [0.2, 0.25) is 5.91 Å². The Kier molecular flexibility index (Phi) is 5.76. The van der Waals surface area contributed by atoms with Crippen LogP contribution in [0.5, 0.6) is 0 Å². The average molecular weight is 420 g/mol.